The van der Waals surface area contributed by atoms with Crippen molar-refractivity contribution in [3.63, 3.8) is 0 Å². The Labute approximate surface area is 118 Å². The van der Waals surface area contributed by atoms with Crippen LogP contribution in [-0.2, 0) is 6.54 Å². The van der Waals surface area contributed by atoms with E-state index in [1.54, 1.807) is 7.11 Å². The summed E-state index contributed by atoms with van der Waals surface area (Å²) in [4.78, 5) is 0. The highest BCUT2D eigenvalue weighted by molar-refractivity contribution is 5.89. The van der Waals surface area contributed by atoms with Crippen molar-refractivity contribution < 1.29 is 9.84 Å². The van der Waals surface area contributed by atoms with Gasteiger partial charge in [-0.1, -0.05) is 29.8 Å². The molecule has 20 heavy (non-hydrogen) atoms. The van der Waals surface area contributed by atoms with Crippen molar-refractivity contribution in [1.82, 2.24) is 4.57 Å². The minimum absolute atomic E-state index is 0.295. The molecule has 0 saturated heterocycles. The summed E-state index contributed by atoms with van der Waals surface area (Å²) < 4.78 is 7.07. The second-order valence-corrected chi connectivity index (χ2v) is 5.02. The van der Waals surface area contributed by atoms with Gasteiger partial charge >= 0.3 is 0 Å². The molecule has 1 aromatic heterocycles. The molecule has 1 heterocycles. The summed E-state index contributed by atoms with van der Waals surface area (Å²) in [5.74, 6) is 1.09. The van der Waals surface area contributed by atoms with Gasteiger partial charge in [-0.3, -0.25) is 0 Å². The summed E-state index contributed by atoms with van der Waals surface area (Å²) in [6, 6.07) is 14.0. The van der Waals surface area contributed by atoms with E-state index in [0.29, 0.717) is 12.4 Å². The lowest BCUT2D eigenvalue weighted by Crippen LogP contribution is -1.96. The number of rotatable bonds is 3. The predicted octanol–water partition coefficient (Wildman–Crippen LogP) is 3.71. The van der Waals surface area contributed by atoms with Gasteiger partial charge in [0.15, 0.2) is 5.88 Å². The molecule has 1 N–H and O–H groups in total. The van der Waals surface area contributed by atoms with Gasteiger partial charge in [-0.25, -0.2) is 0 Å². The van der Waals surface area contributed by atoms with Crippen molar-refractivity contribution in [1.29, 1.82) is 0 Å². The summed E-state index contributed by atoms with van der Waals surface area (Å²) in [5, 5.41) is 12.1. The predicted molar refractivity (Wildman–Crippen MR) is 80.4 cm³/mol. The van der Waals surface area contributed by atoms with E-state index in [-0.39, 0.29) is 0 Å². The first-order chi connectivity index (χ1) is 9.67. The highest BCUT2D eigenvalue weighted by Crippen LogP contribution is 2.30. The molecule has 0 saturated carbocycles. The Morgan fingerprint density at radius 3 is 2.55 bits per heavy atom. The standard InChI is InChI=1S/C17H17NO2/c1-12-3-5-13(6-4-12)10-18-11-14-9-15(20-2)7-8-16(14)17(18)19/h3-9,11,19H,10H2,1-2H3. The van der Waals surface area contributed by atoms with E-state index >= 15 is 0 Å². The molecule has 0 aliphatic rings. The summed E-state index contributed by atoms with van der Waals surface area (Å²) in [7, 11) is 1.64. The SMILES string of the molecule is COc1ccc2c(O)n(Cc3ccc(C)cc3)cc2c1. The van der Waals surface area contributed by atoms with Gasteiger partial charge in [0.25, 0.3) is 0 Å². The fourth-order valence-electron chi connectivity index (χ4n) is 2.37. The molecular weight excluding hydrogens is 250 g/mol. The number of aromatic nitrogens is 1. The molecule has 0 spiro atoms. The third kappa shape index (κ3) is 2.23. The first-order valence-electron chi connectivity index (χ1n) is 6.59. The van der Waals surface area contributed by atoms with E-state index in [4.69, 9.17) is 4.74 Å². The zero-order valence-electron chi connectivity index (χ0n) is 11.6. The number of nitrogens with zero attached hydrogens (tertiary/aromatic N) is 1. The maximum absolute atomic E-state index is 10.3. The molecule has 0 fully saturated rings. The Bertz CT molecular complexity index is 742. The minimum atomic E-state index is 0.295. The molecule has 0 radical (unpaired) electrons. The molecule has 0 bridgehead atoms. The van der Waals surface area contributed by atoms with Crippen molar-refractivity contribution >= 4 is 10.8 Å². The van der Waals surface area contributed by atoms with E-state index < -0.39 is 0 Å². The number of aromatic hydroxyl groups is 1. The summed E-state index contributed by atoms with van der Waals surface area (Å²) in [6.07, 6.45) is 1.95. The number of benzene rings is 2. The van der Waals surface area contributed by atoms with Crippen LogP contribution in [0, 0.1) is 6.92 Å². The summed E-state index contributed by atoms with van der Waals surface area (Å²) in [6.45, 7) is 2.72. The highest BCUT2D eigenvalue weighted by Gasteiger charge is 2.09. The lowest BCUT2D eigenvalue weighted by atomic mass is 10.1. The molecular formula is C17H17NO2. The Kier molecular flexibility index (Phi) is 3.11. The molecule has 3 aromatic rings. The van der Waals surface area contributed by atoms with Crippen molar-refractivity contribution in [2.75, 3.05) is 7.11 Å². The second kappa shape index (κ2) is 4.93. The smallest absolute Gasteiger partial charge is 0.199 e. The van der Waals surface area contributed by atoms with E-state index in [0.717, 1.165) is 22.1 Å². The van der Waals surface area contributed by atoms with Gasteiger partial charge in [-0.2, -0.15) is 0 Å². The monoisotopic (exact) mass is 267 g/mol. The van der Waals surface area contributed by atoms with Crippen LogP contribution < -0.4 is 4.74 Å². The van der Waals surface area contributed by atoms with Crippen LogP contribution in [0.1, 0.15) is 11.1 Å². The number of hydrogen-bond acceptors (Lipinski definition) is 2. The van der Waals surface area contributed by atoms with Crippen molar-refractivity contribution in [3.05, 3.63) is 59.8 Å². The molecule has 3 rings (SSSR count). The number of hydrogen-bond donors (Lipinski definition) is 1. The fraction of sp³-hybridized carbons (Fsp3) is 0.176. The molecule has 0 aliphatic heterocycles. The van der Waals surface area contributed by atoms with Crippen LogP contribution in [0.2, 0.25) is 0 Å². The Morgan fingerprint density at radius 1 is 1.10 bits per heavy atom. The third-order valence-corrected chi connectivity index (χ3v) is 3.54. The molecule has 0 unspecified atom stereocenters. The van der Waals surface area contributed by atoms with Crippen LogP contribution in [-0.4, -0.2) is 16.8 Å². The Hall–Kier alpha value is -2.42. The van der Waals surface area contributed by atoms with Gasteiger partial charge < -0.3 is 14.4 Å². The molecule has 0 amide bonds. The fourth-order valence-corrected chi connectivity index (χ4v) is 2.37. The summed E-state index contributed by atoms with van der Waals surface area (Å²) in [5.41, 5.74) is 2.40. The van der Waals surface area contributed by atoms with Gasteiger partial charge in [0.05, 0.1) is 13.7 Å². The molecule has 2 aromatic carbocycles. The summed E-state index contributed by atoms with van der Waals surface area (Å²) >= 11 is 0. The number of methoxy groups -OCH3 is 1. The van der Waals surface area contributed by atoms with Crippen LogP contribution >= 0.6 is 0 Å². The maximum atomic E-state index is 10.3. The van der Waals surface area contributed by atoms with Gasteiger partial charge in [-0.05, 0) is 30.7 Å². The van der Waals surface area contributed by atoms with Crippen LogP contribution in [0.5, 0.6) is 11.6 Å². The topological polar surface area (TPSA) is 34.4 Å². The first kappa shape index (κ1) is 12.6. The average molecular weight is 267 g/mol. The van der Waals surface area contributed by atoms with Crippen molar-refractivity contribution in [2.24, 2.45) is 0 Å². The third-order valence-electron chi connectivity index (χ3n) is 3.54. The van der Waals surface area contributed by atoms with Crippen LogP contribution in [0.25, 0.3) is 10.8 Å². The molecule has 3 heteroatoms. The number of fused-ring (bicyclic) bond motifs is 1. The first-order valence-corrected chi connectivity index (χ1v) is 6.59. The van der Waals surface area contributed by atoms with Gasteiger partial charge in [-0.15, -0.1) is 0 Å². The minimum Gasteiger partial charge on any atom is -0.497 e. The van der Waals surface area contributed by atoms with Gasteiger partial charge in [0, 0.05) is 17.0 Å². The quantitative estimate of drug-likeness (QED) is 0.785. The van der Waals surface area contributed by atoms with Gasteiger partial charge in [0.1, 0.15) is 5.75 Å². The maximum Gasteiger partial charge on any atom is 0.199 e. The van der Waals surface area contributed by atoms with Crippen LogP contribution in [0.4, 0.5) is 0 Å². The molecule has 102 valence electrons. The van der Waals surface area contributed by atoms with E-state index in [9.17, 15) is 5.11 Å². The van der Waals surface area contributed by atoms with E-state index in [1.165, 1.54) is 5.56 Å². The van der Waals surface area contributed by atoms with E-state index in [1.807, 2.05) is 29.0 Å². The lowest BCUT2D eigenvalue weighted by Gasteiger charge is -2.05. The molecule has 0 atom stereocenters. The van der Waals surface area contributed by atoms with Gasteiger partial charge in [0.2, 0.25) is 0 Å². The van der Waals surface area contributed by atoms with Crippen molar-refractivity contribution in [2.45, 2.75) is 13.5 Å². The zero-order chi connectivity index (χ0) is 14.1. The second-order valence-electron chi connectivity index (χ2n) is 5.02. The normalized spacial score (nSPS) is 10.9. The van der Waals surface area contributed by atoms with E-state index in [2.05, 4.69) is 31.2 Å². The Morgan fingerprint density at radius 2 is 1.85 bits per heavy atom. The van der Waals surface area contributed by atoms with Crippen LogP contribution in [0.15, 0.2) is 48.7 Å². The van der Waals surface area contributed by atoms with Crippen LogP contribution in [0.3, 0.4) is 0 Å². The average Bonchev–Trinajstić information content (AvgIpc) is 2.77. The largest absolute Gasteiger partial charge is 0.497 e. The lowest BCUT2D eigenvalue weighted by molar-refractivity contribution is 0.415. The number of aryl methyl sites for hydroxylation is 1. The zero-order valence-corrected chi connectivity index (χ0v) is 11.6. The highest BCUT2D eigenvalue weighted by atomic mass is 16.5. The van der Waals surface area contributed by atoms with Crippen molar-refractivity contribution in [3.8, 4) is 11.6 Å². The number of ether oxygens (including phenoxy) is 1. The molecule has 0 aliphatic carbocycles. The molecule has 3 nitrogen and oxygen atoms in total. The Balaban J connectivity index is 1.99.